The maximum atomic E-state index is 13.0. The van der Waals surface area contributed by atoms with Gasteiger partial charge in [0.1, 0.15) is 0 Å². The molecular weight excluding hydrogens is 278 g/mol. The summed E-state index contributed by atoms with van der Waals surface area (Å²) in [7, 11) is 0. The molecule has 2 aliphatic rings. The van der Waals surface area contributed by atoms with Crippen LogP contribution in [0.25, 0.3) is 0 Å². The van der Waals surface area contributed by atoms with E-state index in [1.54, 1.807) is 18.0 Å². The van der Waals surface area contributed by atoms with Crippen molar-refractivity contribution in [2.75, 3.05) is 19.6 Å². The van der Waals surface area contributed by atoms with Crippen LogP contribution in [0.2, 0.25) is 0 Å². The molecule has 0 saturated heterocycles. The fourth-order valence-electron chi connectivity index (χ4n) is 3.12. The lowest BCUT2D eigenvalue weighted by atomic mass is 9.93. The second-order valence-electron chi connectivity index (χ2n) is 6.32. The number of hydrogen-bond acceptors (Lipinski definition) is 3. The van der Waals surface area contributed by atoms with Gasteiger partial charge in [-0.05, 0) is 37.3 Å². The van der Waals surface area contributed by atoms with E-state index in [-0.39, 0.29) is 17.7 Å². The van der Waals surface area contributed by atoms with Gasteiger partial charge in [0, 0.05) is 39.3 Å². The van der Waals surface area contributed by atoms with Crippen molar-refractivity contribution in [2.24, 2.45) is 5.92 Å². The Morgan fingerprint density at radius 2 is 2.18 bits per heavy atom. The third-order valence-corrected chi connectivity index (χ3v) is 4.63. The summed E-state index contributed by atoms with van der Waals surface area (Å²) in [6.07, 6.45) is 4.19. The summed E-state index contributed by atoms with van der Waals surface area (Å²) in [5.41, 5.74) is 1.84. The Morgan fingerprint density at radius 1 is 1.41 bits per heavy atom. The fraction of sp³-hybridized carbons (Fsp3) is 0.588. The Labute approximate surface area is 131 Å². The minimum atomic E-state index is -0.326. The first-order chi connectivity index (χ1) is 10.6. The van der Waals surface area contributed by atoms with Crippen molar-refractivity contribution < 1.29 is 9.59 Å². The van der Waals surface area contributed by atoms with Gasteiger partial charge in [0.05, 0.1) is 11.6 Å². The maximum Gasteiger partial charge on any atom is 0.233 e. The highest BCUT2D eigenvalue weighted by Crippen LogP contribution is 2.32. The van der Waals surface area contributed by atoms with Crippen LogP contribution in [0.1, 0.15) is 43.9 Å². The van der Waals surface area contributed by atoms with Crippen LogP contribution in [-0.4, -0.2) is 46.2 Å². The van der Waals surface area contributed by atoms with E-state index in [4.69, 9.17) is 0 Å². The highest BCUT2D eigenvalue weighted by molar-refractivity contribution is 5.85. The molecule has 1 aromatic heterocycles. The van der Waals surface area contributed by atoms with Crippen molar-refractivity contribution in [3.05, 3.63) is 29.6 Å². The number of likely N-dealkylation sites (N-methyl/N-ethyl adjacent to an activating group) is 1. The summed E-state index contributed by atoms with van der Waals surface area (Å²) in [5, 5.41) is 0. The summed E-state index contributed by atoms with van der Waals surface area (Å²) >= 11 is 0. The molecule has 5 heteroatoms. The summed E-state index contributed by atoms with van der Waals surface area (Å²) in [4.78, 5) is 32.9. The zero-order valence-corrected chi connectivity index (χ0v) is 13.3. The molecule has 2 amide bonds. The highest BCUT2D eigenvalue weighted by Gasteiger charge is 2.36. The van der Waals surface area contributed by atoms with E-state index < -0.39 is 0 Å². The second kappa shape index (κ2) is 6.07. The summed E-state index contributed by atoms with van der Waals surface area (Å²) in [5.74, 6) is 0.463. The molecule has 1 saturated carbocycles. The molecule has 1 fully saturated rings. The lowest BCUT2D eigenvalue weighted by Gasteiger charge is -2.35. The molecule has 1 aliphatic carbocycles. The average molecular weight is 301 g/mol. The number of amides is 2. The fourth-order valence-corrected chi connectivity index (χ4v) is 3.12. The Hall–Kier alpha value is -1.91. The van der Waals surface area contributed by atoms with Crippen LogP contribution < -0.4 is 0 Å². The van der Waals surface area contributed by atoms with Crippen molar-refractivity contribution in [1.82, 2.24) is 14.8 Å². The van der Waals surface area contributed by atoms with Crippen LogP contribution in [0.15, 0.2) is 18.3 Å². The molecule has 1 aliphatic heterocycles. The smallest absolute Gasteiger partial charge is 0.233 e. The topological polar surface area (TPSA) is 53.5 Å². The standard InChI is InChI=1S/C17H23N3O2/c1-3-19(9-13-6-7-13)17(22)15-11-20(12(2)21)10-14-5-4-8-18-16(14)15/h4-5,8,13,15H,3,6-7,9-11H2,1-2H3. The summed E-state index contributed by atoms with van der Waals surface area (Å²) in [6, 6.07) is 3.83. The largest absolute Gasteiger partial charge is 0.342 e. The molecule has 3 rings (SSSR count). The van der Waals surface area contributed by atoms with E-state index in [0.717, 1.165) is 17.8 Å². The minimum absolute atomic E-state index is 0.0116. The normalized spacial score (nSPS) is 20.5. The molecule has 2 heterocycles. The first-order valence-electron chi connectivity index (χ1n) is 8.08. The molecule has 0 N–H and O–H groups in total. The van der Waals surface area contributed by atoms with Crippen molar-refractivity contribution in [3.8, 4) is 0 Å². The van der Waals surface area contributed by atoms with E-state index in [0.29, 0.717) is 25.6 Å². The van der Waals surface area contributed by atoms with Crippen LogP contribution in [0.4, 0.5) is 0 Å². The van der Waals surface area contributed by atoms with Crippen LogP contribution >= 0.6 is 0 Å². The number of carbonyl (C=O) groups excluding carboxylic acids is 2. The van der Waals surface area contributed by atoms with Crippen LogP contribution in [0, 0.1) is 5.92 Å². The number of carbonyl (C=O) groups is 2. The molecule has 0 spiro atoms. The molecule has 5 nitrogen and oxygen atoms in total. The van der Waals surface area contributed by atoms with E-state index in [1.165, 1.54) is 12.8 Å². The summed E-state index contributed by atoms with van der Waals surface area (Å²) in [6.45, 7) is 6.13. The number of nitrogens with zero attached hydrogens (tertiary/aromatic N) is 3. The zero-order valence-electron chi connectivity index (χ0n) is 13.3. The van der Waals surface area contributed by atoms with E-state index in [9.17, 15) is 9.59 Å². The van der Waals surface area contributed by atoms with Gasteiger partial charge in [-0.3, -0.25) is 14.6 Å². The van der Waals surface area contributed by atoms with E-state index in [2.05, 4.69) is 4.98 Å². The lowest BCUT2D eigenvalue weighted by molar-refractivity contribution is -0.136. The van der Waals surface area contributed by atoms with E-state index >= 15 is 0 Å². The molecule has 1 atom stereocenters. The van der Waals surface area contributed by atoms with Gasteiger partial charge in [-0.15, -0.1) is 0 Å². The Kier molecular flexibility index (Phi) is 4.14. The number of hydrogen-bond donors (Lipinski definition) is 0. The monoisotopic (exact) mass is 301 g/mol. The van der Waals surface area contributed by atoms with Crippen molar-refractivity contribution in [1.29, 1.82) is 0 Å². The molecule has 118 valence electrons. The minimum Gasteiger partial charge on any atom is -0.342 e. The molecule has 0 bridgehead atoms. The van der Waals surface area contributed by atoms with Gasteiger partial charge in [-0.1, -0.05) is 6.07 Å². The predicted octanol–water partition coefficient (Wildman–Crippen LogP) is 1.79. The third-order valence-electron chi connectivity index (χ3n) is 4.63. The van der Waals surface area contributed by atoms with Crippen molar-refractivity contribution in [2.45, 2.75) is 39.2 Å². The van der Waals surface area contributed by atoms with Crippen LogP contribution in [-0.2, 0) is 16.1 Å². The SMILES string of the molecule is CCN(CC1CC1)C(=O)C1CN(C(C)=O)Cc2cccnc21. The van der Waals surface area contributed by atoms with Gasteiger partial charge in [0.25, 0.3) is 0 Å². The predicted molar refractivity (Wildman–Crippen MR) is 83.0 cm³/mol. The first-order valence-corrected chi connectivity index (χ1v) is 8.08. The number of rotatable bonds is 4. The summed E-state index contributed by atoms with van der Waals surface area (Å²) < 4.78 is 0. The lowest BCUT2D eigenvalue weighted by Crippen LogP contribution is -2.45. The number of fused-ring (bicyclic) bond motifs is 1. The van der Waals surface area contributed by atoms with Gasteiger partial charge < -0.3 is 9.80 Å². The van der Waals surface area contributed by atoms with Crippen molar-refractivity contribution >= 4 is 11.8 Å². The number of aromatic nitrogens is 1. The maximum absolute atomic E-state index is 13.0. The molecule has 0 aromatic carbocycles. The molecule has 1 unspecified atom stereocenters. The van der Waals surface area contributed by atoms with Gasteiger partial charge in [0.15, 0.2) is 0 Å². The molecule has 1 aromatic rings. The molecular formula is C17H23N3O2. The Morgan fingerprint density at radius 3 is 2.82 bits per heavy atom. The zero-order chi connectivity index (χ0) is 15.7. The highest BCUT2D eigenvalue weighted by atomic mass is 16.2. The van der Waals surface area contributed by atoms with E-state index in [1.807, 2.05) is 24.0 Å². The number of pyridine rings is 1. The average Bonchev–Trinajstić information content (AvgIpc) is 3.34. The quantitative estimate of drug-likeness (QED) is 0.852. The molecule has 0 radical (unpaired) electrons. The second-order valence-corrected chi connectivity index (χ2v) is 6.32. The Balaban J connectivity index is 1.86. The van der Waals surface area contributed by atoms with Crippen LogP contribution in [0.3, 0.4) is 0 Å². The van der Waals surface area contributed by atoms with Crippen molar-refractivity contribution in [3.63, 3.8) is 0 Å². The molecule has 22 heavy (non-hydrogen) atoms. The van der Waals surface area contributed by atoms with Crippen LogP contribution in [0.5, 0.6) is 0 Å². The third kappa shape index (κ3) is 2.98. The van der Waals surface area contributed by atoms with Gasteiger partial charge in [0.2, 0.25) is 11.8 Å². The Bertz CT molecular complexity index is 583. The van der Waals surface area contributed by atoms with Gasteiger partial charge in [-0.2, -0.15) is 0 Å². The van der Waals surface area contributed by atoms with Gasteiger partial charge in [-0.25, -0.2) is 0 Å². The van der Waals surface area contributed by atoms with Gasteiger partial charge >= 0.3 is 0 Å². The first kappa shape index (κ1) is 15.0.